The zero-order chi connectivity index (χ0) is 10.5. The van der Waals surface area contributed by atoms with Gasteiger partial charge in [-0.15, -0.1) is 11.3 Å². The van der Waals surface area contributed by atoms with Crippen molar-refractivity contribution in [3.63, 3.8) is 0 Å². The Bertz CT molecular complexity index is 364. The third-order valence-corrected chi connectivity index (χ3v) is 4.05. The van der Waals surface area contributed by atoms with Crippen LogP contribution in [0.15, 0.2) is 34.3 Å². The molecule has 1 unspecified atom stereocenters. The minimum absolute atomic E-state index is 0.281. The van der Waals surface area contributed by atoms with E-state index in [9.17, 15) is 5.11 Å². The number of rotatable bonds is 5. The van der Waals surface area contributed by atoms with Gasteiger partial charge < -0.3 is 5.11 Å². The van der Waals surface area contributed by atoms with Crippen molar-refractivity contribution >= 4 is 22.7 Å². The first kappa shape index (κ1) is 10.9. The molecule has 0 aliphatic carbocycles. The summed E-state index contributed by atoms with van der Waals surface area (Å²) in [5.74, 6) is 0. The van der Waals surface area contributed by atoms with E-state index < -0.39 is 0 Å². The molecule has 3 heteroatoms. The van der Waals surface area contributed by atoms with E-state index >= 15 is 0 Å². The van der Waals surface area contributed by atoms with E-state index in [1.54, 1.807) is 22.7 Å². The molecule has 0 aromatic carbocycles. The molecule has 1 N–H and O–H groups in total. The van der Waals surface area contributed by atoms with E-state index in [0.29, 0.717) is 0 Å². The van der Waals surface area contributed by atoms with Gasteiger partial charge in [-0.1, -0.05) is 6.07 Å². The van der Waals surface area contributed by atoms with E-state index in [1.807, 2.05) is 16.8 Å². The molecule has 15 heavy (non-hydrogen) atoms. The smallest absolute Gasteiger partial charge is 0.0798 e. The van der Waals surface area contributed by atoms with Crippen molar-refractivity contribution in [2.24, 2.45) is 0 Å². The van der Waals surface area contributed by atoms with Crippen LogP contribution in [-0.2, 0) is 6.42 Å². The lowest BCUT2D eigenvalue weighted by atomic mass is 10.1. The van der Waals surface area contributed by atoms with Crippen LogP contribution in [0.2, 0.25) is 0 Å². The van der Waals surface area contributed by atoms with Crippen LogP contribution in [0.1, 0.15) is 29.4 Å². The number of aryl methyl sites for hydroxylation is 1. The second kappa shape index (κ2) is 5.45. The lowest BCUT2D eigenvalue weighted by molar-refractivity contribution is 0.165. The molecule has 2 rings (SSSR count). The SMILES string of the molecule is OC(CCCc1cccs1)c1ccsc1. The summed E-state index contributed by atoms with van der Waals surface area (Å²) in [6, 6.07) is 6.23. The van der Waals surface area contributed by atoms with Crippen molar-refractivity contribution in [1.29, 1.82) is 0 Å². The molecule has 2 aromatic heterocycles. The summed E-state index contributed by atoms with van der Waals surface area (Å²) in [4.78, 5) is 1.41. The predicted molar refractivity (Wildman–Crippen MR) is 66.5 cm³/mol. The van der Waals surface area contributed by atoms with Crippen LogP contribution >= 0.6 is 22.7 Å². The molecule has 0 saturated carbocycles. The van der Waals surface area contributed by atoms with Gasteiger partial charge in [0, 0.05) is 4.88 Å². The lowest BCUT2D eigenvalue weighted by Crippen LogP contribution is -1.96. The van der Waals surface area contributed by atoms with Gasteiger partial charge in [0.2, 0.25) is 0 Å². The highest BCUT2D eigenvalue weighted by Gasteiger charge is 2.07. The number of hydrogen-bond donors (Lipinski definition) is 1. The van der Waals surface area contributed by atoms with Gasteiger partial charge >= 0.3 is 0 Å². The molecule has 0 aliphatic rings. The molecule has 2 heterocycles. The molecule has 0 spiro atoms. The topological polar surface area (TPSA) is 20.2 Å². The molecule has 0 radical (unpaired) electrons. The lowest BCUT2D eigenvalue weighted by Gasteiger charge is -2.07. The summed E-state index contributed by atoms with van der Waals surface area (Å²) in [6.07, 6.45) is 2.71. The third-order valence-electron chi connectivity index (χ3n) is 2.41. The Labute approximate surface area is 98.0 Å². The Morgan fingerprint density at radius 1 is 1.27 bits per heavy atom. The van der Waals surface area contributed by atoms with Crippen molar-refractivity contribution in [1.82, 2.24) is 0 Å². The Morgan fingerprint density at radius 3 is 2.87 bits per heavy atom. The molecular formula is C12H14OS2. The summed E-state index contributed by atoms with van der Waals surface area (Å²) in [7, 11) is 0. The summed E-state index contributed by atoms with van der Waals surface area (Å²) < 4.78 is 0. The zero-order valence-electron chi connectivity index (χ0n) is 8.43. The summed E-state index contributed by atoms with van der Waals surface area (Å²) >= 11 is 3.43. The molecular weight excluding hydrogens is 224 g/mol. The number of hydrogen-bond acceptors (Lipinski definition) is 3. The Hall–Kier alpha value is -0.640. The molecule has 80 valence electrons. The van der Waals surface area contributed by atoms with Crippen molar-refractivity contribution in [2.75, 3.05) is 0 Å². The van der Waals surface area contributed by atoms with E-state index in [2.05, 4.69) is 17.5 Å². The fraction of sp³-hybridized carbons (Fsp3) is 0.333. The largest absolute Gasteiger partial charge is 0.388 e. The van der Waals surface area contributed by atoms with Crippen LogP contribution in [0, 0.1) is 0 Å². The van der Waals surface area contributed by atoms with Crippen molar-refractivity contribution in [3.8, 4) is 0 Å². The van der Waals surface area contributed by atoms with Gasteiger partial charge in [0.15, 0.2) is 0 Å². The van der Waals surface area contributed by atoms with Crippen LogP contribution in [0.5, 0.6) is 0 Å². The fourth-order valence-corrected chi connectivity index (χ4v) is 3.01. The van der Waals surface area contributed by atoms with Crippen molar-refractivity contribution in [3.05, 3.63) is 44.8 Å². The number of aliphatic hydroxyl groups is 1. The molecule has 0 saturated heterocycles. The molecule has 0 fully saturated rings. The predicted octanol–water partition coefficient (Wildman–Crippen LogP) is 3.87. The minimum atomic E-state index is -0.281. The van der Waals surface area contributed by atoms with Gasteiger partial charge in [-0.25, -0.2) is 0 Å². The van der Waals surface area contributed by atoms with Gasteiger partial charge in [0.25, 0.3) is 0 Å². The maximum absolute atomic E-state index is 9.85. The Balaban J connectivity index is 1.74. The Morgan fingerprint density at radius 2 is 2.20 bits per heavy atom. The summed E-state index contributed by atoms with van der Waals surface area (Å²) in [6.45, 7) is 0. The van der Waals surface area contributed by atoms with E-state index in [4.69, 9.17) is 0 Å². The second-order valence-corrected chi connectivity index (χ2v) is 5.36. The van der Waals surface area contributed by atoms with E-state index in [-0.39, 0.29) is 6.10 Å². The molecule has 0 aliphatic heterocycles. The van der Waals surface area contributed by atoms with Crippen LogP contribution in [0.25, 0.3) is 0 Å². The third kappa shape index (κ3) is 3.16. The van der Waals surface area contributed by atoms with Gasteiger partial charge in [0.1, 0.15) is 0 Å². The van der Waals surface area contributed by atoms with Crippen LogP contribution in [0.3, 0.4) is 0 Å². The molecule has 2 aromatic rings. The highest BCUT2D eigenvalue weighted by Crippen LogP contribution is 2.22. The first-order valence-corrected chi connectivity index (χ1v) is 6.91. The van der Waals surface area contributed by atoms with Crippen LogP contribution in [0.4, 0.5) is 0 Å². The fourth-order valence-electron chi connectivity index (χ4n) is 1.56. The maximum Gasteiger partial charge on any atom is 0.0798 e. The molecule has 1 atom stereocenters. The van der Waals surface area contributed by atoms with E-state index in [1.165, 1.54) is 4.88 Å². The van der Waals surface area contributed by atoms with Gasteiger partial charge in [-0.05, 0) is 53.1 Å². The van der Waals surface area contributed by atoms with Crippen molar-refractivity contribution < 1.29 is 5.11 Å². The zero-order valence-corrected chi connectivity index (χ0v) is 10.1. The van der Waals surface area contributed by atoms with Crippen LogP contribution < -0.4 is 0 Å². The summed E-state index contributed by atoms with van der Waals surface area (Å²) in [5.41, 5.74) is 1.06. The molecule has 0 bridgehead atoms. The van der Waals surface area contributed by atoms with Gasteiger partial charge in [-0.2, -0.15) is 11.3 Å². The van der Waals surface area contributed by atoms with E-state index in [0.717, 1.165) is 24.8 Å². The highest BCUT2D eigenvalue weighted by atomic mass is 32.1. The first-order valence-electron chi connectivity index (χ1n) is 5.09. The Kier molecular flexibility index (Phi) is 3.94. The second-order valence-electron chi connectivity index (χ2n) is 3.54. The summed E-state index contributed by atoms with van der Waals surface area (Å²) in [5, 5.41) is 16.0. The molecule has 1 nitrogen and oxygen atoms in total. The highest BCUT2D eigenvalue weighted by molar-refractivity contribution is 7.09. The number of aliphatic hydroxyl groups excluding tert-OH is 1. The van der Waals surface area contributed by atoms with Gasteiger partial charge in [-0.3, -0.25) is 0 Å². The van der Waals surface area contributed by atoms with Crippen molar-refractivity contribution in [2.45, 2.75) is 25.4 Å². The minimum Gasteiger partial charge on any atom is -0.388 e. The standard InChI is InChI=1S/C12H14OS2/c13-12(10-6-8-14-9-10)5-1-3-11-4-2-7-15-11/h2,4,6-9,12-13H,1,3,5H2. The quantitative estimate of drug-likeness (QED) is 0.838. The average Bonchev–Trinajstić information content (AvgIpc) is 2.90. The first-order chi connectivity index (χ1) is 7.36. The average molecular weight is 238 g/mol. The monoisotopic (exact) mass is 238 g/mol. The number of thiophene rings is 2. The van der Waals surface area contributed by atoms with Gasteiger partial charge in [0.05, 0.1) is 6.10 Å². The normalized spacial score (nSPS) is 12.9. The molecule has 0 amide bonds. The van der Waals surface area contributed by atoms with Crippen LogP contribution in [-0.4, -0.2) is 5.11 Å². The maximum atomic E-state index is 9.85.